The van der Waals surface area contributed by atoms with Crippen LogP contribution >= 0.6 is 11.3 Å². The third-order valence-corrected chi connectivity index (χ3v) is 4.05. The summed E-state index contributed by atoms with van der Waals surface area (Å²) < 4.78 is 0. The highest BCUT2D eigenvalue weighted by Gasteiger charge is 2.12. The van der Waals surface area contributed by atoms with Crippen molar-refractivity contribution in [3.05, 3.63) is 51.7 Å². The molecule has 0 spiro atoms. The Morgan fingerprint density at radius 3 is 2.24 bits per heavy atom. The summed E-state index contributed by atoms with van der Waals surface area (Å²) in [7, 11) is 4.08. The molecule has 0 aliphatic rings. The van der Waals surface area contributed by atoms with Crippen LogP contribution in [-0.2, 0) is 0 Å². The first-order valence-corrected chi connectivity index (χ1v) is 6.54. The van der Waals surface area contributed by atoms with Crippen LogP contribution in [0, 0.1) is 6.92 Å². The molecule has 1 atom stereocenters. The molecule has 0 bridgehead atoms. The Balaban J connectivity index is 2.26. The molecule has 0 fully saturated rings. The fourth-order valence-electron chi connectivity index (χ4n) is 1.83. The van der Waals surface area contributed by atoms with Gasteiger partial charge in [0.2, 0.25) is 0 Å². The van der Waals surface area contributed by atoms with E-state index in [-0.39, 0.29) is 6.04 Å². The summed E-state index contributed by atoms with van der Waals surface area (Å²) in [6.45, 7) is 2.11. The smallest absolute Gasteiger partial charge is 0.0648 e. The third kappa shape index (κ3) is 2.51. The second-order valence-electron chi connectivity index (χ2n) is 4.43. The topological polar surface area (TPSA) is 29.3 Å². The Morgan fingerprint density at radius 2 is 1.76 bits per heavy atom. The maximum Gasteiger partial charge on any atom is 0.0648 e. The van der Waals surface area contributed by atoms with Crippen LogP contribution in [0.2, 0.25) is 0 Å². The molecule has 0 saturated heterocycles. The van der Waals surface area contributed by atoms with E-state index in [1.54, 1.807) is 11.3 Å². The summed E-state index contributed by atoms with van der Waals surface area (Å²) in [5.41, 5.74) is 9.93. The van der Waals surface area contributed by atoms with Crippen molar-refractivity contribution in [3.63, 3.8) is 0 Å². The number of anilines is 1. The number of thiophene rings is 1. The second-order valence-corrected chi connectivity index (χ2v) is 5.38. The van der Waals surface area contributed by atoms with Crippen LogP contribution in [0.3, 0.4) is 0 Å². The van der Waals surface area contributed by atoms with Crippen LogP contribution in [-0.4, -0.2) is 14.1 Å². The minimum absolute atomic E-state index is 0.00814. The van der Waals surface area contributed by atoms with Crippen LogP contribution < -0.4 is 10.6 Å². The molecule has 2 aromatic rings. The molecular weight excluding hydrogens is 228 g/mol. The van der Waals surface area contributed by atoms with Crippen LogP contribution in [0.4, 0.5) is 5.69 Å². The number of aryl methyl sites for hydroxylation is 1. The maximum absolute atomic E-state index is 6.28. The molecule has 1 unspecified atom stereocenters. The molecule has 2 rings (SSSR count). The number of benzene rings is 1. The highest BCUT2D eigenvalue weighted by Crippen LogP contribution is 2.28. The fraction of sp³-hybridized carbons (Fsp3) is 0.286. The number of hydrogen-bond donors (Lipinski definition) is 1. The van der Waals surface area contributed by atoms with Gasteiger partial charge in [0.05, 0.1) is 6.04 Å². The zero-order valence-corrected chi connectivity index (χ0v) is 11.3. The van der Waals surface area contributed by atoms with Gasteiger partial charge in [0, 0.05) is 24.7 Å². The minimum atomic E-state index is -0.00814. The van der Waals surface area contributed by atoms with E-state index in [1.165, 1.54) is 21.7 Å². The Hall–Kier alpha value is -1.32. The largest absolute Gasteiger partial charge is 0.378 e. The summed E-state index contributed by atoms with van der Waals surface area (Å²) in [5.74, 6) is 0. The number of nitrogens with two attached hydrogens (primary N) is 1. The number of hydrogen-bond acceptors (Lipinski definition) is 3. The van der Waals surface area contributed by atoms with Crippen molar-refractivity contribution in [2.24, 2.45) is 5.73 Å². The summed E-state index contributed by atoms with van der Waals surface area (Å²) in [5, 5.41) is 2.10. The van der Waals surface area contributed by atoms with Crippen molar-refractivity contribution in [1.82, 2.24) is 0 Å². The van der Waals surface area contributed by atoms with Gasteiger partial charge in [-0.2, -0.15) is 0 Å². The van der Waals surface area contributed by atoms with Gasteiger partial charge in [-0.15, -0.1) is 11.3 Å². The van der Waals surface area contributed by atoms with Crippen LogP contribution in [0.15, 0.2) is 35.7 Å². The molecule has 1 heterocycles. The van der Waals surface area contributed by atoms with Crippen molar-refractivity contribution in [1.29, 1.82) is 0 Å². The average Bonchev–Trinajstić information content (AvgIpc) is 2.74. The lowest BCUT2D eigenvalue weighted by atomic mass is 10.0. The quantitative estimate of drug-likeness (QED) is 0.901. The highest BCUT2D eigenvalue weighted by molar-refractivity contribution is 7.10. The van der Waals surface area contributed by atoms with Gasteiger partial charge < -0.3 is 10.6 Å². The number of rotatable bonds is 3. The van der Waals surface area contributed by atoms with Crippen molar-refractivity contribution in [2.45, 2.75) is 13.0 Å². The summed E-state index contributed by atoms with van der Waals surface area (Å²) in [6.07, 6.45) is 0. The van der Waals surface area contributed by atoms with Gasteiger partial charge in [-0.25, -0.2) is 0 Å². The van der Waals surface area contributed by atoms with Gasteiger partial charge >= 0.3 is 0 Å². The zero-order valence-electron chi connectivity index (χ0n) is 10.5. The lowest BCUT2D eigenvalue weighted by Crippen LogP contribution is -2.12. The van der Waals surface area contributed by atoms with Crippen molar-refractivity contribution >= 4 is 17.0 Å². The molecular formula is C14H18N2S. The molecule has 3 heteroatoms. The van der Waals surface area contributed by atoms with E-state index in [0.717, 1.165) is 0 Å². The molecule has 0 aliphatic carbocycles. The Kier molecular flexibility index (Phi) is 3.50. The first-order chi connectivity index (χ1) is 8.09. The van der Waals surface area contributed by atoms with Gasteiger partial charge in [-0.1, -0.05) is 12.1 Å². The van der Waals surface area contributed by atoms with Crippen LogP contribution in [0.25, 0.3) is 0 Å². The highest BCUT2D eigenvalue weighted by atomic mass is 32.1. The molecule has 1 aromatic heterocycles. The lowest BCUT2D eigenvalue weighted by Gasteiger charge is -2.15. The molecule has 2 N–H and O–H groups in total. The molecule has 17 heavy (non-hydrogen) atoms. The third-order valence-electron chi connectivity index (χ3n) is 2.95. The standard InChI is InChI=1S/C14H18N2S/c1-10-8-9-17-14(10)13(15)11-4-6-12(7-5-11)16(2)3/h4-9,13H,15H2,1-3H3. The fourth-order valence-corrected chi connectivity index (χ4v) is 2.79. The van der Waals surface area contributed by atoms with Crippen molar-refractivity contribution < 1.29 is 0 Å². The van der Waals surface area contributed by atoms with E-state index >= 15 is 0 Å². The first-order valence-electron chi connectivity index (χ1n) is 5.66. The van der Waals surface area contributed by atoms with Crippen molar-refractivity contribution in [3.8, 4) is 0 Å². The summed E-state index contributed by atoms with van der Waals surface area (Å²) >= 11 is 1.73. The molecule has 2 nitrogen and oxygen atoms in total. The van der Waals surface area contributed by atoms with E-state index < -0.39 is 0 Å². The van der Waals surface area contributed by atoms with Gasteiger partial charge in [-0.05, 0) is 41.6 Å². The monoisotopic (exact) mass is 246 g/mol. The van der Waals surface area contributed by atoms with Crippen LogP contribution in [0.1, 0.15) is 22.0 Å². The predicted molar refractivity (Wildman–Crippen MR) is 75.9 cm³/mol. The average molecular weight is 246 g/mol. The molecule has 90 valence electrons. The molecule has 1 aromatic carbocycles. The van der Waals surface area contributed by atoms with E-state index in [2.05, 4.69) is 47.5 Å². The molecule has 0 amide bonds. The lowest BCUT2D eigenvalue weighted by molar-refractivity contribution is 0.884. The van der Waals surface area contributed by atoms with Gasteiger partial charge in [0.25, 0.3) is 0 Å². The molecule has 0 saturated carbocycles. The van der Waals surface area contributed by atoms with E-state index in [1.807, 2.05) is 14.1 Å². The Morgan fingerprint density at radius 1 is 1.12 bits per heavy atom. The summed E-state index contributed by atoms with van der Waals surface area (Å²) in [4.78, 5) is 3.34. The van der Waals surface area contributed by atoms with Crippen LogP contribution in [0.5, 0.6) is 0 Å². The van der Waals surface area contributed by atoms with Gasteiger partial charge in [0.15, 0.2) is 0 Å². The van der Waals surface area contributed by atoms with Gasteiger partial charge in [0.1, 0.15) is 0 Å². The van der Waals surface area contributed by atoms with E-state index in [4.69, 9.17) is 5.73 Å². The maximum atomic E-state index is 6.28. The molecule has 0 aliphatic heterocycles. The number of nitrogens with zero attached hydrogens (tertiary/aromatic N) is 1. The van der Waals surface area contributed by atoms with Gasteiger partial charge in [-0.3, -0.25) is 0 Å². The predicted octanol–water partition coefficient (Wildman–Crippen LogP) is 3.17. The van der Waals surface area contributed by atoms with E-state index in [9.17, 15) is 0 Å². The normalized spacial score (nSPS) is 12.5. The Labute approximate surface area is 107 Å². The molecule has 0 radical (unpaired) electrons. The van der Waals surface area contributed by atoms with E-state index in [0.29, 0.717) is 0 Å². The van der Waals surface area contributed by atoms with Crippen molar-refractivity contribution in [2.75, 3.05) is 19.0 Å². The minimum Gasteiger partial charge on any atom is -0.378 e. The second kappa shape index (κ2) is 4.90. The summed E-state index contributed by atoms with van der Waals surface area (Å²) in [6, 6.07) is 10.6. The first kappa shape index (κ1) is 12.1. The Bertz CT molecular complexity index is 485. The zero-order chi connectivity index (χ0) is 12.4. The SMILES string of the molecule is Cc1ccsc1C(N)c1ccc(N(C)C)cc1.